The molecule has 1 N–H and O–H groups in total. The summed E-state index contributed by atoms with van der Waals surface area (Å²) in [5.41, 5.74) is 0. The van der Waals surface area contributed by atoms with Crippen LogP contribution >= 0.6 is 0 Å². The standard InChI is InChI=1S/C14H26F2N2O2/c1-4-20-14(19)9-18-7-11(10(2)3)5-12(8-18)17-6-13(15)16/h10-13,17H,4-9H2,1-3H3. The number of nitrogens with one attached hydrogen (secondary N) is 1. The fourth-order valence-electron chi connectivity index (χ4n) is 2.64. The molecule has 0 amide bonds. The molecule has 6 heteroatoms. The van der Waals surface area contributed by atoms with E-state index in [0.29, 0.717) is 25.0 Å². The number of hydrogen-bond acceptors (Lipinski definition) is 4. The van der Waals surface area contributed by atoms with Crippen molar-refractivity contribution in [2.75, 3.05) is 32.8 Å². The molecule has 1 rings (SSSR count). The number of rotatable bonds is 7. The summed E-state index contributed by atoms with van der Waals surface area (Å²) in [6.45, 7) is 7.79. The van der Waals surface area contributed by atoms with Crippen LogP contribution in [0.25, 0.3) is 0 Å². The highest BCUT2D eigenvalue weighted by Crippen LogP contribution is 2.24. The van der Waals surface area contributed by atoms with Crippen LogP contribution < -0.4 is 5.32 Å². The number of alkyl halides is 2. The first-order chi connectivity index (χ1) is 9.42. The van der Waals surface area contributed by atoms with Gasteiger partial charge in [0.2, 0.25) is 0 Å². The molecule has 0 bridgehead atoms. The Labute approximate surface area is 119 Å². The summed E-state index contributed by atoms with van der Waals surface area (Å²) in [5.74, 6) is 0.633. The highest BCUT2D eigenvalue weighted by Gasteiger charge is 2.30. The maximum Gasteiger partial charge on any atom is 0.320 e. The van der Waals surface area contributed by atoms with E-state index in [1.165, 1.54) is 0 Å². The SMILES string of the molecule is CCOC(=O)CN1CC(NCC(F)F)CC(C(C)C)C1. The second-order valence-electron chi connectivity index (χ2n) is 5.74. The Hall–Kier alpha value is -0.750. The van der Waals surface area contributed by atoms with Crippen molar-refractivity contribution in [3.63, 3.8) is 0 Å². The summed E-state index contributed by atoms with van der Waals surface area (Å²) in [5, 5.41) is 2.90. The van der Waals surface area contributed by atoms with Gasteiger partial charge in [-0.05, 0) is 25.2 Å². The minimum absolute atomic E-state index is 0.0135. The zero-order chi connectivity index (χ0) is 15.1. The second-order valence-corrected chi connectivity index (χ2v) is 5.74. The third-order valence-corrected chi connectivity index (χ3v) is 3.72. The molecule has 4 nitrogen and oxygen atoms in total. The molecule has 1 fully saturated rings. The lowest BCUT2D eigenvalue weighted by Crippen LogP contribution is -2.52. The summed E-state index contributed by atoms with van der Waals surface area (Å²) in [7, 11) is 0. The third kappa shape index (κ3) is 6.13. The van der Waals surface area contributed by atoms with E-state index in [0.717, 1.165) is 13.0 Å². The van der Waals surface area contributed by atoms with Crippen LogP contribution in [-0.4, -0.2) is 56.1 Å². The number of ether oxygens (including phenoxy) is 1. The molecule has 0 saturated carbocycles. The van der Waals surface area contributed by atoms with Crippen molar-refractivity contribution < 1.29 is 18.3 Å². The fraction of sp³-hybridized carbons (Fsp3) is 0.929. The summed E-state index contributed by atoms with van der Waals surface area (Å²) in [6.07, 6.45) is -1.46. The molecule has 2 unspecified atom stereocenters. The Morgan fingerprint density at radius 2 is 2.10 bits per heavy atom. The topological polar surface area (TPSA) is 41.6 Å². The normalized spacial score (nSPS) is 24.4. The number of hydrogen-bond donors (Lipinski definition) is 1. The average molecular weight is 292 g/mol. The largest absolute Gasteiger partial charge is 0.465 e. The van der Waals surface area contributed by atoms with Gasteiger partial charge in [-0.15, -0.1) is 0 Å². The molecule has 0 radical (unpaired) electrons. The molecule has 20 heavy (non-hydrogen) atoms. The zero-order valence-corrected chi connectivity index (χ0v) is 12.6. The van der Waals surface area contributed by atoms with Crippen molar-refractivity contribution in [3.8, 4) is 0 Å². The van der Waals surface area contributed by atoms with Gasteiger partial charge in [0.15, 0.2) is 0 Å². The fourth-order valence-corrected chi connectivity index (χ4v) is 2.64. The molecule has 2 atom stereocenters. The van der Waals surface area contributed by atoms with Crippen LogP contribution in [0.15, 0.2) is 0 Å². The van der Waals surface area contributed by atoms with Crippen LogP contribution in [0.2, 0.25) is 0 Å². The molecule has 1 aliphatic heterocycles. The molecule has 0 aromatic rings. The number of esters is 1. The molecular formula is C14H26F2N2O2. The van der Waals surface area contributed by atoms with Crippen LogP contribution in [0, 0.1) is 11.8 Å². The van der Waals surface area contributed by atoms with Gasteiger partial charge in [-0.2, -0.15) is 0 Å². The first-order valence-corrected chi connectivity index (χ1v) is 7.31. The van der Waals surface area contributed by atoms with Crippen LogP contribution in [-0.2, 0) is 9.53 Å². The molecule has 118 valence electrons. The van der Waals surface area contributed by atoms with E-state index >= 15 is 0 Å². The summed E-state index contributed by atoms with van der Waals surface area (Å²) >= 11 is 0. The quantitative estimate of drug-likeness (QED) is 0.726. The number of carbonyl (C=O) groups excluding carboxylic acids is 1. The third-order valence-electron chi connectivity index (χ3n) is 3.72. The van der Waals surface area contributed by atoms with Crippen molar-refractivity contribution in [2.24, 2.45) is 11.8 Å². The second kappa shape index (κ2) is 8.52. The molecule has 1 heterocycles. The van der Waals surface area contributed by atoms with Gasteiger partial charge >= 0.3 is 5.97 Å². The maximum absolute atomic E-state index is 12.3. The molecule has 1 saturated heterocycles. The number of nitrogens with zero attached hydrogens (tertiary/aromatic N) is 1. The number of piperidine rings is 1. The predicted molar refractivity (Wildman–Crippen MR) is 73.8 cm³/mol. The number of carbonyl (C=O) groups is 1. The lowest BCUT2D eigenvalue weighted by Gasteiger charge is -2.39. The van der Waals surface area contributed by atoms with E-state index in [-0.39, 0.29) is 25.1 Å². The van der Waals surface area contributed by atoms with Gasteiger partial charge in [-0.1, -0.05) is 13.8 Å². The van der Waals surface area contributed by atoms with Gasteiger partial charge in [0, 0.05) is 19.1 Å². The lowest BCUT2D eigenvalue weighted by molar-refractivity contribution is -0.145. The van der Waals surface area contributed by atoms with E-state index in [2.05, 4.69) is 19.2 Å². The Morgan fingerprint density at radius 1 is 1.40 bits per heavy atom. The molecule has 0 aliphatic carbocycles. The lowest BCUT2D eigenvalue weighted by atomic mass is 9.85. The first kappa shape index (κ1) is 17.3. The zero-order valence-electron chi connectivity index (χ0n) is 12.6. The van der Waals surface area contributed by atoms with Crippen LogP contribution in [0.4, 0.5) is 8.78 Å². The van der Waals surface area contributed by atoms with Crippen molar-refractivity contribution in [1.82, 2.24) is 10.2 Å². The summed E-state index contributed by atoms with van der Waals surface area (Å²) in [4.78, 5) is 13.6. The van der Waals surface area contributed by atoms with Crippen molar-refractivity contribution in [3.05, 3.63) is 0 Å². The summed E-state index contributed by atoms with van der Waals surface area (Å²) < 4.78 is 29.6. The molecule has 0 aromatic heterocycles. The number of halogens is 2. The van der Waals surface area contributed by atoms with E-state index < -0.39 is 6.43 Å². The van der Waals surface area contributed by atoms with E-state index in [1.807, 2.05) is 4.90 Å². The Balaban J connectivity index is 2.53. The molecule has 0 aromatic carbocycles. The molecule has 1 aliphatic rings. The Morgan fingerprint density at radius 3 is 2.65 bits per heavy atom. The van der Waals surface area contributed by atoms with Crippen molar-refractivity contribution in [2.45, 2.75) is 39.7 Å². The van der Waals surface area contributed by atoms with Gasteiger partial charge in [-0.3, -0.25) is 9.69 Å². The van der Waals surface area contributed by atoms with Gasteiger partial charge in [0.1, 0.15) is 0 Å². The monoisotopic (exact) mass is 292 g/mol. The van der Waals surface area contributed by atoms with Gasteiger partial charge in [0.05, 0.1) is 19.7 Å². The summed E-state index contributed by atoms with van der Waals surface area (Å²) in [6, 6.07) is 0.0135. The minimum atomic E-state index is -2.34. The molecular weight excluding hydrogens is 266 g/mol. The smallest absolute Gasteiger partial charge is 0.320 e. The highest BCUT2D eigenvalue weighted by atomic mass is 19.3. The predicted octanol–water partition coefficient (Wildman–Crippen LogP) is 1.75. The van der Waals surface area contributed by atoms with E-state index in [1.54, 1.807) is 6.92 Å². The van der Waals surface area contributed by atoms with Crippen LogP contribution in [0.3, 0.4) is 0 Å². The minimum Gasteiger partial charge on any atom is -0.465 e. The average Bonchev–Trinajstić information content (AvgIpc) is 2.36. The van der Waals surface area contributed by atoms with Crippen molar-refractivity contribution in [1.29, 1.82) is 0 Å². The Kier molecular flexibility index (Phi) is 7.37. The van der Waals surface area contributed by atoms with Gasteiger partial charge in [0.25, 0.3) is 6.43 Å². The van der Waals surface area contributed by atoms with Gasteiger partial charge < -0.3 is 10.1 Å². The van der Waals surface area contributed by atoms with E-state index in [9.17, 15) is 13.6 Å². The first-order valence-electron chi connectivity index (χ1n) is 7.31. The molecule has 0 spiro atoms. The van der Waals surface area contributed by atoms with E-state index in [4.69, 9.17) is 4.74 Å². The highest BCUT2D eigenvalue weighted by molar-refractivity contribution is 5.71. The van der Waals surface area contributed by atoms with Crippen LogP contribution in [0.5, 0.6) is 0 Å². The maximum atomic E-state index is 12.3. The van der Waals surface area contributed by atoms with Crippen molar-refractivity contribution >= 4 is 5.97 Å². The number of likely N-dealkylation sites (tertiary alicyclic amines) is 1. The Bertz CT molecular complexity index is 301. The van der Waals surface area contributed by atoms with Crippen LogP contribution in [0.1, 0.15) is 27.2 Å². The van der Waals surface area contributed by atoms with Gasteiger partial charge in [-0.25, -0.2) is 8.78 Å².